The molecular weight excluding hydrogens is 408 g/mol. The second-order valence-electron chi connectivity index (χ2n) is 7.50. The summed E-state index contributed by atoms with van der Waals surface area (Å²) < 4.78 is 29.5. The van der Waals surface area contributed by atoms with Gasteiger partial charge in [-0.1, -0.05) is 23.7 Å². The Labute approximate surface area is 176 Å². The lowest BCUT2D eigenvalue weighted by molar-refractivity contribution is 0.388. The maximum atomic E-state index is 13.1. The molecule has 0 aliphatic carbocycles. The van der Waals surface area contributed by atoms with Crippen LogP contribution in [0.1, 0.15) is 41.4 Å². The largest absolute Gasteiger partial charge is 0.339 e. The highest BCUT2D eigenvalue weighted by molar-refractivity contribution is 7.89. The average Bonchev–Trinajstić information content (AvgIpc) is 3.33. The Morgan fingerprint density at radius 3 is 2.62 bits per heavy atom. The molecule has 0 unspecified atom stereocenters. The third-order valence-corrected chi connectivity index (χ3v) is 7.20. The minimum absolute atomic E-state index is 0.0842. The number of halogens is 1. The third-order valence-electron chi connectivity index (χ3n) is 5.15. The second kappa shape index (κ2) is 7.89. The van der Waals surface area contributed by atoms with Gasteiger partial charge in [0.15, 0.2) is 5.03 Å². The molecule has 1 aliphatic heterocycles. The molecule has 0 saturated carbocycles. The van der Waals surface area contributed by atoms with Crippen molar-refractivity contribution in [1.29, 1.82) is 0 Å². The van der Waals surface area contributed by atoms with E-state index in [1.54, 1.807) is 22.1 Å². The van der Waals surface area contributed by atoms with Crippen LogP contribution < -0.4 is 0 Å². The number of aryl methyl sites for hydroxylation is 2. The van der Waals surface area contributed by atoms with E-state index in [1.807, 2.05) is 43.3 Å². The van der Waals surface area contributed by atoms with E-state index in [4.69, 9.17) is 11.6 Å². The molecule has 0 bridgehead atoms. The summed E-state index contributed by atoms with van der Waals surface area (Å²) in [5.74, 6) is 0. The molecule has 2 aromatic heterocycles. The van der Waals surface area contributed by atoms with Gasteiger partial charge in [-0.2, -0.15) is 4.31 Å². The Morgan fingerprint density at radius 2 is 1.93 bits per heavy atom. The number of benzene rings is 1. The van der Waals surface area contributed by atoms with Crippen molar-refractivity contribution < 1.29 is 8.42 Å². The molecule has 3 aromatic rings. The molecule has 0 amide bonds. The number of imidazole rings is 1. The van der Waals surface area contributed by atoms with Crippen LogP contribution in [0.5, 0.6) is 0 Å². The Hall–Kier alpha value is -2.22. The van der Waals surface area contributed by atoms with Crippen LogP contribution in [0.25, 0.3) is 0 Å². The maximum Gasteiger partial charge on any atom is 0.262 e. The zero-order valence-corrected chi connectivity index (χ0v) is 18.0. The van der Waals surface area contributed by atoms with Crippen molar-refractivity contribution in [2.24, 2.45) is 7.05 Å². The summed E-state index contributed by atoms with van der Waals surface area (Å²) in [7, 11) is -1.90. The molecule has 0 N–H and O–H groups in total. The van der Waals surface area contributed by atoms with E-state index >= 15 is 0 Å². The first kappa shape index (κ1) is 20.1. The Kier molecular flexibility index (Phi) is 5.46. The van der Waals surface area contributed by atoms with E-state index in [0.717, 1.165) is 41.8 Å². The van der Waals surface area contributed by atoms with Crippen LogP contribution in [-0.2, 0) is 23.5 Å². The van der Waals surface area contributed by atoms with Crippen LogP contribution in [-0.4, -0.2) is 33.8 Å². The van der Waals surface area contributed by atoms with Gasteiger partial charge in [0, 0.05) is 30.5 Å². The summed E-state index contributed by atoms with van der Waals surface area (Å²) in [6.07, 6.45) is 5.35. The number of sulfonamides is 1. The number of hydrogen-bond acceptors (Lipinski definition) is 4. The lowest BCUT2D eigenvalue weighted by Gasteiger charge is -2.23. The maximum absolute atomic E-state index is 13.1. The molecule has 29 heavy (non-hydrogen) atoms. The van der Waals surface area contributed by atoms with Crippen molar-refractivity contribution in [2.75, 3.05) is 6.54 Å². The Morgan fingerprint density at radius 1 is 1.17 bits per heavy atom. The molecule has 1 atom stereocenters. The summed E-state index contributed by atoms with van der Waals surface area (Å²) in [6.45, 7) is 2.42. The molecule has 152 valence electrons. The summed E-state index contributed by atoms with van der Waals surface area (Å²) in [4.78, 5) is 8.74. The Balaban J connectivity index is 1.64. The van der Waals surface area contributed by atoms with Crippen molar-refractivity contribution in [3.8, 4) is 0 Å². The van der Waals surface area contributed by atoms with Gasteiger partial charge in [0.1, 0.15) is 0 Å². The molecule has 4 rings (SSSR count). The van der Waals surface area contributed by atoms with Crippen LogP contribution in [0.4, 0.5) is 0 Å². The lowest BCUT2D eigenvalue weighted by atomic mass is 10.0. The van der Waals surface area contributed by atoms with Gasteiger partial charge in [0.2, 0.25) is 0 Å². The van der Waals surface area contributed by atoms with Gasteiger partial charge < -0.3 is 4.57 Å². The van der Waals surface area contributed by atoms with E-state index in [9.17, 15) is 8.42 Å². The fourth-order valence-electron chi connectivity index (χ4n) is 3.84. The summed E-state index contributed by atoms with van der Waals surface area (Å²) in [5, 5.41) is 0.794. The highest BCUT2D eigenvalue weighted by atomic mass is 35.5. The fraction of sp³-hybridized carbons (Fsp3) is 0.333. The molecular formula is C21H23ClN4O2S. The van der Waals surface area contributed by atoms with E-state index in [1.165, 1.54) is 6.33 Å². The number of hydrogen-bond donors (Lipinski definition) is 0. The summed E-state index contributed by atoms with van der Waals surface area (Å²) in [6, 6.07) is 11.6. The van der Waals surface area contributed by atoms with E-state index in [0.29, 0.717) is 11.6 Å². The van der Waals surface area contributed by atoms with E-state index in [-0.39, 0.29) is 11.1 Å². The molecule has 1 aliphatic rings. The van der Waals surface area contributed by atoms with Crippen molar-refractivity contribution >= 4 is 21.6 Å². The first-order valence-electron chi connectivity index (χ1n) is 9.54. The minimum atomic E-state index is -3.66. The predicted molar refractivity (Wildman–Crippen MR) is 112 cm³/mol. The van der Waals surface area contributed by atoms with Crippen molar-refractivity contribution in [3.05, 3.63) is 76.5 Å². The SMILES string of the molecule is Cc1cc(Cc2ccc(Cl)cc2)cc([C@H]2CCCN2S(=O)(=O)c2cn(C)cn2)n1. The summed E-state index contributed by atoms with van der Waals surface area (Å²) in [5.41, 5.74) is 3.94. The van der Waals surface area contributed by atoms with Crippen molar-refractivity contribution in [1.82, 2.24) is 18.8 Å². The zero-order valence-electron chi connectivity index (χ0n) is 16.4. The average molecular weight is 431 g/mol. The number of nitrogens with zero attached hydrogens (tertiary/aromatic N) is 4. The molecule has 3 heterocycles. The van der Waals surface area contributed by atoms with Crippen LogP contribution in [0, 0.1) is 6.92 Å². The van der Waals surface area contributed by atoms with Crippen LogP contribution in [0.3, 0.4) is 0 Å². The molecule has 8 heteroatoms. The minimum Gasteiger partial charge on any atom is -0.339 e. The first-order valence-corrected chi connectivity index (χ1v) is 11.4. The Bertz CT molecular complexity index is 1130. The van der Waals surface area contributed by atoms with Gasteiger partial charge in [0.05, 0.1) is 18.1 Å². The smallest absolute Gasteiger partial charge is 0.262 e. The number of pyridine rings is 1. The monoisotopic (exact) mass is 430 g/mol. The molecule has 0 radical (unpaired) electrons. The van der Waals surface area contributed by atoms with Crippen molar-refractivity contribution in [2.45, 2.75) is 37.3 Å². The predicted octanol–water partition coefficient (Wildman–Crippen LogP) is 3.89. The van der Waals surface area contributed by atoms with Crippen molar-refractivity contribution in [3.63, 3.8) is 0 Å². The quantitative estimate of drug-likeness (QED) is 0.615. The van der Waals surface area contributed by atoms with E-state index in [2.05, 4.69) is 9.97 Å². The number of rotatable bonds is 5. The van der Waals surface area contributed by atoms with Gasteiger partial charge in [-0.05, 0) is 61.6 Å². The van der Waals surface area contributed by atoms with Gasteiger partial charge in [-0.25, -0.2) is 13.4 Å². The van der Waals surface area contributed by atoms with Gasteiger partial charge in [-0.3, -0.25) is 4.98 Å². The molecule has 6 nitrogen and oxygen atoms in total. The van der Waals surface area contributed by atoms with Gasteiger partial charge in [0.25, 0.3) is 10.0 Å². The second-order valence-corrected chi connectivity index (χ2v) is 9.77. The molecule has 1 saturated heterocycles. The molecule has 1 aromatic carbocycles. The highest BCUT2D eigenvalue weighted by Gasteiger charge is 2.38. The summed E-state index contributed by atoms with van der Waals surface area (Å²) >= 11 is 5.98. The topological polar surface area (TPSA) is 68.1 Å². The van der Waals surface area contributed by atoms with Gasteiger partial charge in [-0.15, -0.1) is 0 Å². The third kappa shape index (κ3) is 4.22. The molecule has 1 fully saturated rings. The number of aromatic nitrogens is 3. The normalized spacial score (nSPS) is 17.7. The highest BCUT2D eigenvalue weighted by Crippen LogP contribution is 2.36. The van der Waals surface area contributed by atoms with Crippen LogP contribution >= 0.6 is 11.6 Å². The van der Waals surface area contributed by atoms with Crippen LogP contribution in [0.15, 0.2) is 53.9 Å². The van der Waals surface area contributed by atoms with E-state index < -0.39 is 10.0 Å². The standard InChI is InChI=1S/C21H23ClN4O2S/c1-15-10-17(11-16-5-7-18(22)8-6-16)12-19(24-15)20-4-3-9-26(20)29(27,28)21-13-25(2)14-23-21/h5-8,10,12-14,20H,3-4,9,11H2,1-2H3/t20-/m1/s1. The zero-order chi connectivity index (χ0) is 20.6. The van der Waals surface area contributed by atoms with Gasteiger partial charge >= 0.3 is 0 Å². The van der Waals surface area contributed by atoms with Crippen LogP contribution in [0.2, 0.25) is 5.02 Å². The first-order chi connectivity index (χ1) is 13.8. The molecule has 0 spiro atoms. The fourth-order valence-corrected chi connectivity index (χ4v) is 5.61. The lowest BCUT2D eigenvalue weighted by Crippen LogP contribution is -2.31.